The van der Waals surface area contributed by atoms with Crippen LogP contribution >= 0.6 is 0 Å². The van der Waals surface area contributed by atoms with Crippen molar-refractivity contribution >= 4 is 73.5 Å². The zero-order chi connectivity index (χ0) is 45.4. The summed E-state index contributed by atoms with van der Waals surface area (Å²) in [5.41, 5.74) is 4.52. The molecule has 5 rings (SSSR count). The number of nitrogens with one attached hydrogen (secondary N) is 2. The van der Waals surface area contributed by atoms with Crippen molar-refractivity contribution in [3.8, 4) is 11.5 Å². The summed E-state index contributed by atoms with van der Waals surface area (Å²) in [7, 11) is -1.24. The number of nitrogens with zero attached hydrogens (tertiary/aromatic N) is 10. The molecular formula is C45H60N12O5S. The highest BCUT2D eigenvalue weighted by atomic mass is 32.2. The van der Waals surface area contributed by atoms with Crippen molar-refractivity contribution in [1.82, 2.24) is 15.0 Å². The molecule has 0 bridgehead atoms. The zero-order valence-electron chi connectivity index (χ0n) is 37.5. The van der Waals surface area contributed by atoms with Gasteiger partial charge in [0.25, 0.3) is 10.1 Å². The predicted molar refractivity (Wildman–Crippen MR) is 253 cm³/mol. The van der Waals surface area contributed by atoms with Crippen molar-refractivity contribution < 1.29 is 22.4 Å². The lowest BCUT2D eigenvalue weighted by atomic mass is 10.2. The van der Waals surface area contributed by atoms with E-state index in [0.29, 0.717) is 59.0 Å². The average molecular weight is 881 g/mol. The molecule has 0 saturated heterocycles. The topological polar surface area (TPSA) is 195 Å². The van der Waals surface area contributed by atoms with Crippen LogP contribution < -0.4 is 34.8 Å². The average Bonchev–Trinajstić information content (AvgIpc) is 3.29. The highest BCUT2D eigenvalue weighted by Gasteiger charge is 2.21. The molecule has 1 aromatic heterocycles. The molecule has 0 unspecified atom stereocenters. The normalized spacial score (nSPS) is 11.6. The zero-order valence-corrected chi connectivity index (χ0v) is 38.4. The third-order valence-electron chi connectivity index (χ3n) is 10.2. The van der Waals surface area contributed by atoms with Gasteiger partial charge in [0, 0.05) is 51.4 Å². The lowest BCUT2D eigenvalue weighted by Crippen LogP contribution is -2.28. The van der Waals surface area contributed by atoms with E-state index < -0.39 is 10.1 Å². The van der Waals surface area contributed by atoms with Crippen LogP contribution in [0.1, 0.15) is 67.2 Å². The molecule has 0 amide bonds. The van der Waals surface area contributed by atoms with Crippen LogP contribution in [0, 0.1) is 0 Å². The summed E-state index contributed by atoms with van der Waals surface area (Å²) < 4.78 is 45.2. The Kier molecular flexibility index (Phi) is 17.5. The molecule has 18 heteroatoms. The molecule has 5 aromatic rings. The highest BCUT2D eigenvalue weighted by Crippen LogP contribution is 2.42. The quantitative estimate of drug-likeness (QED) is 0.0392. The fourth-order valence-corrected chi connectivity index (χ4v) is 7.24. The Morgan fingerprint density at radius 2 is 1.06 bits per heavy atom. The van der Waals surface area contributed by atoms with E-state index >= 15 is 0 Å². The third kappa shape index (κ3) is 12.8. The molecule has 0 atom stereocenters. The number of ether oxygens (including phenoxy) is 2. The summed E-state index contributed by atoms with van der Waals surface area (Å²) in [6.07, 6.45) is 3.85. The predicted octanol–water partition coefficient (Wildman–Crippen LogP) is 11.6. The molecule has 0 fully saturated rings. The Morgan fingerprint density at radius 3 is 1.51 bits per heavy atom. The second-order valence-electron chi connectivity index (χ2n) is 14.4. The fraction of sp³-hybridized carbons (Fsp3) is 0.400. The second-order valence-corrected chi connectivity index (χ2v) is 15.8. The van der Waals surface area contributed by atoms with Gasteiger partial charge in [-0.2, -0.15) is 33.6 Å². The van der Waals surface area contributed by atoms with Crippen LogP contribution in [0.3, 0.4) is 0 Å². The standard InChI is InChI=1S/C45H60N12O5S/c1-9-15-25-57(26-16-10-2)45-49-43(46-35-28-39(55(11-3)12-4)41(61-7)30-37(35)53-51-32-21-18-17-19-22-32)48-44(50-45)47-36-29-40(56(13-5)14-6)42(62-8)31-38(36)54-52-33-23-20-24-34(27-33)63(58,59)60/h17-24,27-31H,9-16,25-26H2,1-8H3,(H,58,59,60)(H2,46,47,48,49,50)/b53-51+,54-52+. The first-order valence-corrected chi connectivity index (χ1v) is 22.9. The van der Waals surface area contributed by atoms with Gasteiger partial charge in [0.2, 0.25) is 17.8 Å². The van der Waals surface area contributed by atoms with Crippen LogP contribution in [0.25, 0.3) is 0 Å². The van der Waals surface area contributed by atoms with E-state index in [1.165, 1.54) is 18.2 Å². The first-order chi connectivity index (χ1) is 30.5. The minimum Gasteiger partial charge on any atom is -0.494 e. The number of aromatic nitrogens is 3. The van der Waals surface area contributed by atoms with Crippen molar-refractivity contribution in [3.05, 3.63) is 78.9 Å². The summed E-state index contributed by atoms with van der Waals surface area (Å²) in [6, 6.07) is 22.6. The molecule has 1 heterocycles. The fourth-order valence-electron chi connectivity index (χ4n) is 6.72. The number of unbranched alkanes of at least 4 members (excludes halogenated alkanes) is 2. The van der Waals surface area contributed by atoms with E-state index in [1.54, 1.807) is 26.4 Å². The van der Waals surface area contributed by atoms with Crippen LogP contribution in [-0.2, 0) is 10.1 Å². The highest BCUT2D eigenvalue weighted by molar-refractivity contribution is 7.85. The summed E-state index contributed by atoms with van der Waals surface area (Å²) in [5, 5.41) is 25.0. The molecular weight excluding hydrogens is 821 g/mol. The summed E-state index contributed by atoms with van der Waals surface area (Å²) >= 11 is 0. The van der Waals surface area contributed by atoms with Gasteiger partial charge in [-0.25, -0.2) is 0 Å². The van der Waals surface area contributed by atoms with Gasteiger partial charge in [-0.3, -0.25) is 4.55 Å². The number of azo groups is 2. The molecule has 0 aliphatic carbocycles. The molecule has 17 nitrogen and oxygen atoms in total. The number of rotatable bonds is 24. The summed E-state index contributed by atoms with van der Waals surface area (Å²) in [6.45, 7) is 17.0. The SMILES string of the molecule is CCCCN(CCCC)c1nc(Nc2cc(N(CC)CC)c(OC)cc2/N=N/c2ccccc2)nc(Nc2cc(N(CC)CC)c(OC)cc2/N=N/c2cccc(S(=O)(=O)O)c2)n1. The van der Waals surface area contributed by atoms with Gasteiger partial charge in [0.05, 0.1) is 53.2 Å². The van der Waals surface area contributed by atoms with Gasteiger partial charge in [-0.1, -0.05) is 51.0 Å². The van der Waals surface area contributed by atoms with Gasteiger partial charge in [0.15, 0.2) is 0 Å². The Hall–Kier alpha value is -6.40. The maximum Gasteiger partial charge on any atom is 0.294 e. The van der Waals surface area contributed by atoms with Crippen LogP contribution in [0.5, 0.6) is 11.5 Å². The first-order valence-electron chi connectivity index (χ1n) is 21.4. The van der Waals surface area contributed by atoms with E-state index in [2.05, 4.69) is 87.3 Å². The molecule has 4 aromatic carbocycles. The minimum atomic E-state index is -4.46. The van der Waals surface area contributed by atoms with E-state index in [-0.39, 0.29) is 22.5 Å². The Labute approximate surface area is 371 Å². The smallest absolute Gasteiger partial charge is 0.294 e. The van der Waals surface area contributed by atoms with Crippen molar-refractivity contribution in [3.63, 3.8) is 0 Å². The number of benzene rings is 4. The lowest BCUT2D eigenvalue weighted by Gasteiger charge is -2.26. The second kappa shape index (κ2) is 23.2. The maximum absolute atomic E-state index is 11.9. The van der Waals surface area contributed by atoms with E-state index in [9.17, 15) is 13.0 Å². The van der Waals surface area contributed by atoms with Gasteiger partial charge >= 0.3 is 0 Å². The maximum atomic E-state index is 11.9. The summed E-state index contributed by atoms with van der Waals surface area (Å²) in [5.74, 6) is 2.16. The number of hydrogen-bond acceptors (Lipinski definition) is 16. The van der Waals surface area contributed by atoms with Crippen LogP contribution in [0.15, 0.2) is 104 Å². The van der Waals surface area contributed by atoms with Gasteiger partial charge < -0.3 is 34.8 Å². The van der Waals surface area contributed by atoms with Crippen molar-refractivity contribution in [2.75, 3.05) is 78.8 Å². The Bertz CT molecular complexity index is 2420. The van der Waals surface area contributed by atoms with Crippen molar-refractivity contribution in [2.45, 2.75) is 72.1 Å². The minimum absolute atomic E-state index is 0.211. The molecule has 336 valence electrons. The largest absolute Gasteiger partial charge is 0.494 e. The lowest BCUT2D eigenvalue weighted by molar-refractivity contribution is 0.414. The molecule has 3 N–H and O–H groups in total. The third-order valence-corrected chi connectivity index (χ3v) is 11.0. The molecule has 0 saturated carbocycles. The Balaban J connectivity index is 1.71. The first kappa shape index (κ1) is 47.6. The van der Waals surface area contributed by atoms with Crippen LogP contribution in [0.4, 0.5) is 63.3 Å². The van der Waals surface area contributed by atoms with Gasteiger partial charge in [-0.05, 0) is 83.0 Å². The number of methoxy groups -OCH3 is 2. The van der Waals surface area contributed by atoms with Crippen LogP contribution in [-0.4, -0.2) is 81.4 Å². The molecule has 0 spiro atoms. The molecule has 0 aliphatic heterocycles. The van der Waals surface area contributed by atoms with E-state index in [1.807, 2.05) is 48.5 Å². The van der Waals surface area contributed by atoms with Gasteiger partial charge in [0.1, 0.15) is 22.9 Å². The van der Waals surface area contributed by atoms with E-state index in [4.69, 9.17) is 24.4 Å². The van der Waals surface area contributed by atoms with Crippen molar-refractivity contribution in [1.29, 1.82) is 0 Å². The number of hydrogen-bond donors (Lipinski definition) is 3. The molecule has 0 aliphatic rings. The van der Waals surface area contributed by atoms with Crippen LogP contribution in [0.2, 0.25) is 0 Å². The Morgan fingerprint density at radius 1 is 0.587 bits per heavy atom. The van der Waals surface area contributed by atoms with Crippen molar-refractivity contribution in [2.24, 2.45) is 20.5 Å². The number of anilines is 7. The van der Waals surface area contributed by atoms with Gasteiger partial charge in [-0.15, -0.1) is 10.2 Å². The molecule has 63 heavy (non-hydrogen) atoms. The van der Waals surface area contributed by atoms with E-state index in [0.717, 1.165) is 63.2 Å². The summed E-state index contributed by atoms with van der Waals surface area (Å²) in [4.78, 5) is 21.2. The molecule has 0 radical (unpaired) electrons. The monoisotopic (exact) mass is 880 g/mol.